The maximum atomic E-state index is 12.4. The van der Waals surface area contributed by atoms with Crippen LogP contribution in [-0.2, 0) is 10.3 Å². The molecule has 1 atom stereocenters. The van der Waals surface area contributed by atoms with E-state index in [0.717, 1.165) is 22.2 Å². The summed E-state index contributed by atoms with van der Waals surface area (Å²) in [5, 5.41) is 2.00. The van der Waals surface area contributed by atoms with Crippen molar-refractivity contribution in [2.75, 3.05) is 7.05 Å². The highest BCUT2D eigenvalue weighted by molar-refractivity contribution is 9.11. The van der Waals surface area contributed by atoms with Crippen molar-refractivity contribution in [3.05, 3.63) is 20.8 Å². The van der Waals surface area contributed by atoms with Gasteiger partial charge in [0.05, 0.1) is 3.79 Å². The molecule has 2 heterocycles. The van der Waals surface area contributed by atoms with Crippen molar-refractivity contribution in [3.63, 3.8) is 0 Å². The average molecular weight is 314 g/mol. The fraction of sp³-hybridized carbons (Fsp3) is 0.455. The molecule has 0 aromatic carbocycles. The lowest BCUT2D eigenvalue weighted by molar-refractivity contribution is -0.131. The molecular formula is C11H12BrN3OS. The van der Waals surface area contributed by atoms with Crippen molar-refractivity contribution in [2.45, 2.75) is 18.4 Å². The van der Waals surface area contributed by atoms with Gasteiger partial charge in [0.1, 0.15) is 0 Å². The third-order valence-corrected chi connectivity index (χ3v) is 4.95. The second kappa shape index (κ2) is 3.55. The zero-order valence-corrected chi connectivity index (χ0v) is 11.7. The van der Waals surface area contributed by atoms with Crippen LogP contribution in [-0.4, -0.2) is 23.8 Å². The van der Waals surface area contributed by atoms with Crippen molar-refractivity contribution in [3.8, 4) is 0 Å². The summed E-state index contributed by atoms with van der Waals surface area (Å²) < 4.78 is 1.02. The minimum atomic E-state index is -0.749. The highest BCUT2D eigenvalue weighted by Crippen LogP contribution is 2.52. The second-order valence-electron chi connectivity index (χ2n) is 4.51. The lowest BCUT2D eigenvalue weighted by Gasteiger charge is -2.23. The number of likely N-dealkylation sites (N-methyl/N-ethyl adjacent to an activating group) is 1. The van der Waals surface area contributed by atoms with Crippen LogP contribution >= 0.6 is 27.3 Å². The van der Waals surface area contributed by atoms with Gasteiger partial charge in [-0.3, -0.25) is 9.69 Å². The fourth-order valence-corrected chi connectivity index (χ4v) is 3.57. The van der Waals surface area contributed by atoms with E-state index in [1.165, 1.54) is 4.90 Å². The maximum Gasteiger partial charge on any atom is 0.261 e. The SMILES string of the molecule is CN1C(=O)C(c2csc(Br)c2)(C2CC2)N=C1N. The highest BCUT2D eigenvalue weighted by Gasteiger charge is 2.57. The topological polar surface area (TPSA) is 58.7 Å². The molecule has 2 N–H and O–H groups in total. The quantitative estimate of drug-likeness (QED) is 0.906. The van der Waals surface area contributed by atoms with E-state index in [0.29, 0.717) is 11.9 Å². The number of rotatable bonds is 2. The molecule has 0 bridgehead atoms. The Balaban J connectivity index is 2.15. The van der Waals surface area contributed by atoms with Crippen molar-refractivity contribution >= 4 is 39.1 Å². The van der Waals surface area contributed by atoms with Crippen LogP contribution < -0.4 is 5.73 Å². The van der Waals surface area contributed by atoms with E-state index in [-0.39, 0.29) is 5.91 Å². The summed E-state index contributed by atoms with van der Waals surface area (Å²) in [5.41, 5.74) is 6.02. The molecule has 4 nitrogen and oxygen atoms in total. The third kappa shape index (κ3) is 1.47. The smallest absolute Gasteiger partial charge is 0.261 e. The van der Waals surface area contributed by atoms with E-state index in [9.17, 15) is 4.79 Å². The van der Waals surface area contributed by atoms with Gasteiger partial charge < -0.3 is 5.73 Å². The van der Waals surface area contributed by atoms with Crippen LogP contribution in [0.5, 0.6) is 0 Å². The number of nitrogens with two attached hydrogens (primary N) is 1. The molecular weight excluding hydrogens is 302 g/mol. The molecule has 1 saturated carbocycles. The molecule has 90 valence electrons. The first-order chi connectivity index (χ1) is 8.05. The van der Waals surface area contributed by atoms with Gasteiger partial charge in [-0.1, -0.05) is 0 Å². The second-order valence-corrected chi connectivity index (χ2v) is 6.80. The number of carbonyl (C=O) groups is 1. The molecule has 2 aliphatic rings. The van der Waals surface area contributed by atoms with E-state index in [2.05, 4.69) is 20.9 Å². The fourth-order valence-electron chi connectivity index (χ4n) is 2.36. The molecule has 0 spiro atoms. The Labute approximate surface area is 112 Å². The minimum absolute atomic E-state index is 0.00259. The van der Waals surface area contributed by atoms with E-state index in [1.807, 2.05) is 11.4 Å². The van der Waals surface area contributed by atoms with Crippen molar-refractivity contribution < 1.29 is 4.79 Å². The molecule has 1 unspecified atom stereocenters. The normalized spacial score (nSPS) is 28.7. The van der Waals surface area contributed by atoms with Crippen molar-refractivity contribution in [2.24, 2.45) is 16.6 Å². The van der Waals surface area contributed by atoms with E-state index in [4.69, 9.17) is 5.73 Å². The number of aliphatic imine (C=N–C) groups is 1. The molecule has 1 aliphatic heterocycles. The summed E-state index contributed by atoms with van der Waals surface area (Å²) in [6, 6.07) is 1.98. The zero-order chi connectivity index (χ0) is 12.2. The number of guanidine groups is 1. The summed E-state index contributed by atoms with van der Waals surface area (Å²) in [6.07, 6.45) is 2.09. The Kier molecular flexibility index (Phi) is 2.35. The largest absolute Gasteiger partial charge is 0.369 e. The van der Waals surface area contributed by atoms with Gasteiger partial charge in [0.2, 0.25) is 0 Å². The Morgan fingerprint density at radius 3 is 2.76 bits per heavy atom. The molecule has 3 rings (SSSR count). The van der Waals surface area contributed by atoms with E-state index >= 15 is 0 Å². The number of amides is 1. The highest BCUT2D eigenvalue weighted by atomic mass is 79.9. The summed E-state index contributed by atoms with van der Waals surface area (Å²) >= 11 is 5.01. The van der Waals surface area contributed by atoms with Crippen molar-refractivity contribution in [1.82, 2.24) is 4.90 Å². The summed E-state index contributed by atoms with van der Waals surface area (Å²) in [6.45, 7) is 0. The maximum absolute atomic E-state index is 12.4. The Hall–Kier alpha value is -0.880. The summed E-state index contributed by atoms with van der Waals surface area (Å²) in [4.78, 5) is 18.4. The first kappa shape index (κ1) is 11.2. The molecule has 1 aromatic heterocycles. The lowest BCUT2D eigenvalue weighted by Crippen LogP contribution is -2.41. The predicted molar refractivity (Wildman–Crippen MR) is 70.8 cm³/mol. The van der Waals surface area contributed by atoms with Crippen LogP contribution in [0.25, 0.3) is 0 Å². The molecule has 0 radical (unpaired) electrons. The summed E-state index contributed by atoms with van der Waals surface area (Å²) in [7, 11) is 1.69. The molecule has 1 aliphatic carbocycles. The molecule has 1 aromatic rings. The minimum Gasteiger partial charge on any atom is -0.369 e. The van der Waals surface area contributed by atoms with Crippen LogP contribution in [0.3, 0.4) is 0 Å². The van der Waals surface area contributed by atoms with Gasteiger partial charge in [0.25, 0.3) is 5.91 Å². The molecule has 17 heavy (non-hydrogen) atoms. The number of halogens is 1. The van der Waals surface area contributed by atoms with Gasteiger partial charge in [0.15, 0.2) is 11.5 Å². The predicted octanol–water partition coefficient (Wildman–Crippen LogP) is 1.90. The molecule has 6 heteroatoms. The average Bonchev–Trinajstić information content (AvgIpc) is 3.02. The number of carbonyl (C=O) groups excluding carboxylic acids is 1. The van der Waals surface area contributed by atoms with Crippen LogP contribution in [0.1, 0.15) is 18.4 Å². The monoisotopic (exact) mass is 313 g/mol. The van der Waals surface area contributed by atoms with Gasteiger partial charge in [-0.25, -0.2) is 4.99 Å². The Morgan fingerprint density at radius 1 is 1.65 bits per heavy atom. The molecule has 1 amide bonds. The first-order valence-electron chi connectivity index (χ1n) is 5.43. The van der Waals surface area contributed by atoms with Gasteiger partial charge in [-0.2, -0.15) is 0 Å². The van der Waals surface area contributed by atoms with Gasteiger partial charge in [-0.15, -0.1) is 11.3 Å². The number of hydrogen-bond acceptors (Lipinski definition) is 4. The van der Waals surface area contributed by atoms with Crippen molar-refractivity contribution in [1.29, 1.82) is 0 Å². The zero-order valence-electron chi connectivity index (χ0n) is 9.31. The standard InChI is InChI=1S/C11H12BrN3OS/c1-15-9(16)11(6-2-3-6,14-10(15)13)7-4-8(12)17-5-7/h4-6H,2-3H2,1H3,(H2,13,14). The molecule has 1 fully saturated rings. The van der Waals surface area contributed by atoms with Gasteiger partial charge in [-0.05, 0) is 46.1 Å². The van der Waals surface area contributed by atoms with E-state index < -0.39 is 5.54 Å². The molecule has 0 saturated heterocycles. The van der Waals surface area contributed by atoms with Gasteiger partial charge in [0, 0.05) is 12.6 Å². The lowest BCUT2D eigenvalue weighted by atomic mass is 9.87. The first-order valence-corrected chi connectivity index (χ1v) is 7.11. The van der Waals surface area contributed by atoms with E-state index in [1.54, 1.807) is 18.4 Å². The summed E-state index contributed by atoms with van der Waals surface area (Å²) in [5.74, 6) is 0.632. The van der Waals surface area contributed by atoms with Crippen LogP contribution in [0.2, 0.25) is 0 Å². The Morgan fingerprint density at radius 2 is 2.35 bits per heavy atom. The Bertz CT molecular complexity index is 523. The number of thiophene rings is 1. The van der Waals surface area contributed by atoms with Crippen LogP contribution in [0, 0.1) is 5.92 Å². The number of hydrogen-bond donors (Lipinski definition) is 1. The number of nitrogens with zero attached hydrogens (tertiary/aromatic N) is 2. The third-order valence-electron chi connectivity index (χ3n) is 3.44. The van der Waals surface area contributed by atoms with Crippen LogP contribution in [0.15, 0.2) is 20.2 Å². The van der Waals surface area contributed by atoms with Crippen LogP contribution in [0.4, 0.5) is 0 Å². The van der Waals surface area contributed by atoms with Gasteiger partial charge >= 0.3 is 0 Å².